The van der Waals surface area contributed by atoms with Crippen LogP contribution >= 0.6 is 0 Å². The quantitative estimate of drug-likeness (QED) is 0.490. The zero-order chi connectivity index (χ0) is 20.9. The lowest BCUT2D eigenvalue weighted by Crippen LogP contribution is -2.12. The van der Waals surface area contributed by atoms with Gasteiger partial charge in [0.05, 0.1) is 14.2 Å². The van der Waals surface area contributed by atoms with Gasteiger partial charge in [-0.2, -0.15) is 4.98 Å². The number of nitrogens with zero attached hydrogens (tertiary/aromatic N) is 2. The van der Waals surface area contributed by atoms with Crippen molar-refractivity contribution in [1.82, 2.24) is 10.1 Å². The first-order chi connectivity index (χ1) is 14.7. The molecule has 1 aromatic heterocycles. The molecule has 1 amide bonds. The molecule has 0 bridgehead atoms. The van der Waals surface area contributed by atoms with E-state index in [1.165, 1.54) is 0 Å². The summed E-state index contributed by atoms with van der Waals surface area (Å²) in [4.78, 5) is 16.8. The lowest BCUT2D eigenvalue weighted by molar-refractivity contribution is -0.116. The molecule has 0 saturated carbocycles. The molecule has 4 aromatic rings. The van der Waals surface area contributed by atoms with Gasteiger partial charge in [-0.15, -0.1) is 0 Å². The summed E-state index contributed by atoms with van der Waals surface area (Å²) in [7, 11) is 3.14. The van der Waals surface area contributed by atoms with Crippen molar-refractivity contribution in [3.63, 3.8) is 0 Å². The SMILES string of the molecule is COc1ccc(-c2noc(CCC(=O)Nc3cccc4ccccc34)n2)cc1OC. The third kappa shape index (κ3) is 4.10. The fourth-order valence-electron chi connectivity index (χ4n) is 3.22. The van der Waals surface area contributed by atoms with E-state index in [-0.39, 0.29) is 12.3 Å². The van der Waals surface area contributed by atoms with Crippen LogP contribution in [0.25, 0.3) is 22.2 Å². The Labute approximate surface area is 173 Å². The average molecular weight is 403 g/mol. The lowest BCUT2D eigenvalue weighted by Gasteiger charge is -2.08. The van der Waals surface area contributed by atoms with Crippen molar-refractivity contribution >= 4 is 22.4 Å². The van der Waals surface area contributed by atoms with Crippen molar-refractivity contribution in [2.24, 2.45) is 0 Å². The third-order valence-electron chi connectivity index (χ3n) is 4.74. The Hall–Kier alpha value is -3.87. The molecule has 7 nitrogen and oxygen atoms in total. The van der Waals surface area contributed by atoms with Crippen molar-refractivity contribution in [3.05, 3.63) is 66.6 Å². The zero-order valence-corrected chi connectivity index (χ0v) is 16.7. The van der Waals surface area contributed by atoms with Gasteiger partial charge in [0.25, 0.3) is 0 Å². The molecule has 7 heteroatoms. The van der Waals surface area contributed by atoms with Crippen molar-refractivity contribution in [2.75, 3.05) is 19.5 Å². The molecule has 0 unspecified atom stereocenters. The molecule has 0 radical (unpaired) electrons. The number of benzene rings is 3. The largest absolute Gasteiger partial charge is 0.493 e. The van der Waals surface area contributed by atoms with Gasteiger partial charge in [-0.05, 0) is 29.7 Å². The van der Waals surface area contributed by atoms with Crippen LogP contribution < -0.4 is 14.8 Å². The van der Waals surface area contributed by atoms with Gasteiger partial charge >= 0.3 is 0 Å². The maximum atomic E-state index is 12.4. The smallest absolute Gasteiger partial charge is 0.227 e. The van der Waals surface area contributed by atoms with Crippen molar-refractivity contribution in [1.29, 1.82) is 0 Å². The van der Waals surface area contributed by atoms with Gasteiger partial charge in [-0.25, -0.2) is 0 Å². The lowest BCUT2D eigenvalue weighted by atomic mass is 10.1. The van der Waals surface area contributed by atoms with E-state index in [1.807, 2.05) is 48.5 Å². The number of rotatable bonds is 7. The molecule has 0 atom stereocenters. The number of aromatic nitrogens is 2. The van der Waals surface area contributed by atoms with E-state index >= 15 is 0 Å². The summed E-state index contributed by atoms with van der Waals surface area (Å²) < 4.78 is 15.9. The Morgan fingerprint density at radius 3 is 2.63 bits per heavy atom. The van der Waals surface area contributed by atoms with Crippen molar-refractivity contribution in [2.45, 2.75) is 12.8 Å². The van der Waals surface area contributed by atoms with Gasteiger partial charge < -0.3 is 19.3 Å². The Morgan fingerprint density at radius 1 is 1.00 bits per heavy atom. The number of methoxy groups -OCH3 is 2. The first kappa shape index (κ1) is 19.4. The van der Waals surface area contributed by atoms with Gasteiger partial charge in [0, 0.05) is 29.5 Å². The highest BCUT2D eigenvalue weighted by atomic mass is 16.5. The van der Waals surface area contributed by atoms with E-state index in [2.05, 4.69) is 15.5 Å². The van der Waals surface area contributed by atoms with E-state index in [4.69, 9.17) is 14.0 Å². The van der Waals surface area contributed by atoms with Crippen molar-refractivity contribution < 1.29 is 18.8 Å². The van der Waals surface area contributed by atoms with E-state index in [9.17, 15) is 4.79 Å². The standard InChI is InChI=1S/C23H21N3O4/c1-28-19-11-10-16(14-20(19)29-2)23-25-22(30-26-23)13-12-21(27)24-18-9-5-7-15-6-3-4-8-17(15)18/h3-11,14H,12-13H2,1-2H3,(H,24,27). The van der Waals surface area contributed by atoms with Crippen LogP contribution in [0.2, 0.25) is 0 Å². The number of ether oxygens (including phenoxy) is 2. The second-order valence-corrected chi connectivity index (χ2v) is 6.66. The number of aryl methyl sites for hydroxylation is 1. The Morgan fingerprint density at radius 2 is 1.80 bits per heavy atom. The summed E-state index contributed by atoms with van der Waals surface area (Å²) in [5, 5.41) is 9.05. The topological polar surface area (TPSA) is 86.5 Å². The summed E-state index contributed by atoms with van der Waals surface area (Å²) in [5.41, 5.74) is 1.53. The molecule has 1 heterocycles. The van der Waals surface area contributed by atoms with Crippen LogP contribution in [0.1, 0.15) is 12.3 Å². The molecule has 0 spiro atoms. The van der Waals surface area contributed by atoms with E-state index < -0.39 is 0 Å². The molecular weight excluding hydrogens is 382 g/mol. The van der Waals surface area contributed by atoms with Crippen LogP contribution in [0.3, 0.4) is 0 Å². The van der Waals surface area contributed by atoms with E-state index in [1.54, 1.807) is 26.4 Å². The number of anilines is 1. The predicted molar refractivity (Wildman–Crippen MR) is 114 cm³/mol. The molecule has 0 fully saturated rings. The number of hydrogen-bond acceptors (Lipinski definition) is 6. The highest BCUT2D eigenvalue weighted by Crippen LogP contribution is 2.31. The van der Waals surface area contributed by atoms with Crippen LogP contribution in [-0.2, 0) is 11.2 Å². The minimum Gasteiger partial charge on any atom is -0.493 e. The molecule has 152 valence electrons. The summed E-state index contributed by atoms with van der Waals surface area (Å²) in [6.45, 7) is 0. The minimum atomic E-state index is -0.114. The molecular formula is C23H21N3O4. The number of nitrogens with one attached hydrogen (secondary N) is 1. The average Bonchev–Trinajstić information content (AvgIpc) is 3.26. The van der Waals surface area contributed by atoms with Gasteiger partial charge in [0.2, 0.25) is 17.6 Å². The van der Waals surface area contributed by atoms with Crippen LogP contribution in [-0.4, -0.2) is 30.3 Å². The Kier molecular flexibility index (Phi) is 5.61. The molecule has 30 heavy (non-hydrogen) atoms. The van der Waals surface area contributed by atoms with Crippen LogP contribution in [0.4, 0.5) is 5.69 Å². The molecule has 4 rings (SSSR count). The molecule has 0 aliphatic rings. The monoisotopic (exact) mass is 403 g/mol. The molecule has 0 aliphatic carbocycles. The summed E-state index contributed by atoms with van der Waals surface area (Å²) in [6, 6.07) is 19.1. The van der Waals surface area contributed by atoms with Crippen LogP contribution in [0.15, 0.2) is 65.2 Å². The second-order valence-electron chi connectivity index (χ2n) is 6.66. The molecule has 1 N–H and O–H groups in total. The third-order valence-corrected chi connectivity index (χ3v) is 4.74. The number of hydrogen-bond donors (Lipinski definition) is 1. The van der Waals surface area contributed by atoms with Crippen LogP contribution in [0.5, 0.6) is 11.5 Å². The number of carbonyl (C=O) groups is 1. The first-order valence-electron chi connectivity index (χ1n) is 9.50. The summed E-state index contributed by atoms with van der Waals surface area (Å²) in [5.74, 6) is 1.91. The maximum absolute atomic E-state index is 12.4. The first-order valence-corrected chi connectivity index (χ1v) is 9.50. The summed E-state index contributed by atoms with van der Waals surface area (Å²) in [6.07, 6.45) is 0.577. The molecule has 0 aliphatic heterocycles. The maximum Gasteiger partial charge on any atom is 0.227 e. The fourth-order valence-corrected chi connectivity index (χ4v) is 3.22. The number of amides is 1. The molecule has 0 saturated heterocycles. The summed E-state index contributed by atoms with van der Waals surface area (Å²) >= 11 is 0. The second kappa shape index (κ2) is 8.65. The van der Waals surface area contributed by atoms with E-state index in [0.29, 0.717) is 29.6 Å². The van der Waals surface area contributed by atoms with Gasteiger partial charge in [0.15, 0.2) is 11.5 Å². The Balaban J connectivity index is 1.41. The van der Waals surface area contributed by atoms with E-state index in [0.717, 1.165) is 22.0 Å². The fraction of sp³-hybridized carbons (Fsp3) is 0.174. The normalized spacial score (nSPS) is 10.7. The van der Waals surface area contributed by atoms with Gasteiger partial charge in [-0.3, -0.25) is 4.79 Å². The van der Waals surface area contributed by atoms with Crippen LogP contribution in [0, 0.1) is 0 Å². The predicted octanol–water partition coefficient (Wildman–Crippen LogP) is 4.48. The molecule has 3 aromatic carbocycles. The van der Waals surface area contributed by atoms with Gasteiger partial charge in [0.1, 0.15) is 0 Å². The number of carbonyl (C=O) groups excluding carboxylic acids is 1. The van der Waals surface area contributed by atoms with Gasteiger partial charge in [-0.1, -0.05) is 41.6 Å². The minimum absolute atomic E-state index is 0.114. The highest BCUT2D eigenvalue weighted by Gasteiger charge is 2.14. The highest BCUT2D eigenvalue weighted by molar-refractivity contribution is 6.02. The zero-order valence-electron chi connectivity index (χ0n) is 16.7. The number of fused-ring (bicyclic) bond motifs is 1. The Bertz CT molecular complexity index is 1180. The van der Waals surface area contributed by atoms with Crippen molar-refractivity contribution in [3.8, 4) is 22.9 Å².